The van der Waals surface area contributed by atoms with Crippen molar-refractivity contribution in [3.05, 3.63) is 64.5 Å². The molecule has 6 N–H and O–H groups in total. The van der Waals surface area contributed by atoms with Crippen LogP contribution >= 0.6 is 0 Å². The van der Waals surface area contributed by atoms with Gasteiger partial charge in [0.05, 0.1) is 36.0 Å². The molecule has 0 spiro atoms. The summed E-state index contributed by atoms with van der Waals surface area (Å²) in [6, 6.07) is 6.17. The first kappa shape index (κ1) is 40.6. The highest BCUT2D eigenvalue weighted by atomic mass is 16.6. The van der Waals surface area contributed by atoms with Crippen molar-refractivity contribution < 1.29 is 38.5 Å². The van der Waals surface area contributed by atoms with Gasteiger partial charge in [-0.05, 0) is 77.8 Å². The molecule has 0 bridgehead atoms. The average Bonchev–Trinajstić information content (AvgIpc) is 3.79. The maximum atomic E-state index is 13.5. The van der Waals surface area contributed by atoms with Crippen molar-refractivity contribution in [1.82, 2.24) is 33.8 Å². The molecule has 18 nitrogen and oxygen atoms in total. The molecule has 3 heterocycles. The number of primary amides is 1. The average molecular weight is 773 g/mol. The number of hydrogen-bond acceptors (Lipinski definition) is 11. The summed E-state index contributed by atoms with van der Waals surface area (Å²) >= 11 is 0. The zero-order valence-corrected chi connectivity index (χ0v) is 32.8. The number of hydrogen-bond donors (Lipinski definition) is 4. The second kappa shape index (κ2) is 16.4. The third kappa shape index (κ3) is 8.69. The van der Waals surface area contributed by atoms with Crippen LogP contribution in [-0.4, -0.2) is 95.7 Å². The Labute approximate surface area is 323 Å². The minimum Gasteiger partial charge on any atom is -0.494 e. The highest BCUT2D eigenvalue weighted by Crippen LogP contribution is 2.34. The molecule has 0 atom stereocenters. The molecule has 0 aliphatic carbocycles. The van der Waals surface area contributed by atoms with Gasteiger partial charge in [0.25, 0.3) is 5.91 Å². The van der Waals surface area contributed by atoms with Crippen LogP contribution in [-0.2, 0) is 24.4 Å². The topological polar surface area (TPSA) is 237 Å². The van der Waals surface area contributed by atoms with Crippen molar-refractivity contribution in [2.75, 3.05) is 38.4 Å². The summed E-state index contributed by atoms with van der Waals surface area (Å²) in [5.74, 6) is -1.35. The molecule has 18 heteroatoms. The van der Waals surface area contributed by atoms with Crippen LogP contribution in [0.5, 0.6) is 11.5 Å². The quantitative estimate of drug-likeness (QED) is 0.0833. The van der Waals surface area contributed by atoms with Crippen LogP contribution in [0.4, 0.5) is 16.7 Å². The van der Waals surface area contributed by atoms with Gasteiger partial charge in [-0.1, -0.05) is 12.2 Å². The number of nitrogen functional groups attached to an aromatic ring is 1. The second-order valence-corrected chi connectivity index (χ2v) is 14.1. The van der Waals surface area contributed by atoms with Crippen LogP contribution in [0.25, 0.3) is 22.1 Å². The smallest absolute Gasteiger partial charge is 0.410 e. The van der Waals surface area contributed by atoms with Gasteiger partial charge in [-0.2, -0.15) is 5.10 Å². The van der Waals surface area contributed by atoms with Crippen LogP contribution in [0, 0.1) is 13.8 Å². The highest BCUT2D eigenvalue weighted by molar-refractivity contribution is 6.04. The molecular weight excluding hydrogens is 724 g/mol. The minimum atomic E-state index is -1.14. The van der Waals surface area contributed by atoms with E-state index in [4.69, 9.17) is 25.7 Å². The summed E-state index contributed by atoms with van der Waals surface area (Å²) < 4.78 is 22.2. The van der Waals surface area contributed by atoms with E-state index in [-0.39, 0.29) is 48.5 Å². The van der Waals surface area contributed by atoms with Crippen molar-refractivity contribution in [3.63, 3.8) is 0 Å². The van der Waals surface area contributed by atoms with E-state index in [9.17, 15) is 24.3 Å². The van der Waals surface area contributed by atoms with E-state index in [0.29, 0.717) is 64.3 Å². The van der Waals surface area contributed by atoms with Gasteiger partial charge in [-0.25, -0.2) is 19.6 Å². The van der Waals surface area contributed by atoms with E-state index in [2.05, 4.69) is 20.4 Å². The van der Waals surface area contributed by atoms with Crippen molar-refractivity contribution in [1.29, 1.82) is 0 Å². The first-order valence-corrected chi connectivity index (χ1v) is 17.9. The first-order chi connectivity index (χ1) is 26.4. The number of ether oxygens (including phenoxy) is 3. The van der Waals surface area contributed by atoms with E-state index in [1.807, 2.05) is 19.1 Å². The molecule has 298 valence electrons. The third-order valence-corrected chi connectivity index (χ3v) is 8.81. The maximum absolute atomic E-state index is 13.5. The molecule has 0 saturated heterocycles. The molecule has 0 fully saturated rings. The van der Waals surface area contributed by atoms with E-state index in [0.717, 1.165) is 0 Å². The normalized spacial score (nSPS) is 11.7. The summed E-state index contributed by atoms with van der Waals surface area (Å²) in [6.07, 6.45) is 3.66. The number of aromatic carboxylic acids is 1. The molecule has 5 rings (SSSR count). The van der Waals surface area contributed by atoms with Crippen LogP contribution < -0.4 is 26.3 Å². The number of carbonyl (C=O) groups is 4. The predicted molar refractivity (Wildman–Crippen MR) is 209 cm³/mol. The van der Waals surface area contributed by atoms with Crippen molar-refractivity contribution in [2.24, 2.45) is 5.73 Å². The Morgan fingerprint density at radius 3 is 2.32 bits per heavy atom. The van der Waals surface area contributed by atoms with Crippen LogP contribution in [0.2, 0.25) is 0 Å². The van der Waals surface area contributed by atoms with Crippen LogP contribution in [0.1, 0.15) is 76.6 Å². The molecule has 3 aromatic heterocycles. The molecule has 3 amide bonds. The Balaban J connectivity index is 1.44. The predicted octanol–water partition coefficient (Wildman–Crippen LogP) is 4.75. The fourth-order valence-electron chi connectivity index (χ4n) is 6.15. The SMILES string of the molecule is CCn1nc(C)cc1C(=O)Nc1nc2c(C)c(C(=O)O)cc(OC)c2n1CC=CCn1c(N)nc2cc(C(N)=O)cc(OCCCN(C)C(=O)OC(C)(C)C)c21. The lowest BCUT2D eigenvalue weighted by Crippen LogP contribution is -2.35. The standard InChI is InChI=1S/C38H48N10O8/c1-9-48-26(17-21(2)44-48)33(50)43-36-42-29-22(3)24(34(51)52)20-27(54-8)31(29)47(36)15-11-10-14-46-30-25(41-35(46)40)18-23(32(39)49)19-28(30)55-16-12-13-45(7)37(53)56-38(4,5)6/h10-11,17-20H,9,12-16H2,1-8H3,(H2,39,49)(H2,40,41)(H,51,52)(H,42,43,50). The third-order valence-electron chi connectivity index (χ3n) is 8.81. The summed E-state index contributed by atoms with van der Waals surface area (Å²) in [4.78, 5) is 60.8. The number of methoxy groups -OCH3 is 1. The van der Waals surface area contributed by atoms with E-state index >= 15 is 0 Å². The number of amides is 3. The molecule has 0 unspecified atom stereocenters. The van der Waals surface area contributed by atoms with E-state index in [1.165, 1.54) is 30.2 Å². The van der Waals surface area contributed by atoms with Gasteiger partial charge in [0.15, 0.2) is 0 Å². The van der Waals surface area contributed by atoms with Crippen LogP contribution in [0.3, 0.4) is 0 Å². The van der Waals surface area contributed by atoms with E-state index < -0.39 is 29.5 Å². The molecule has 0 aliphatic heterocycles. The van der Waals surface area contributed by atoms with Crippen molar-refractivity contribution >= 4 is 57.8 Å². The van der Waals surface area contributed by atoms with Crippen molar-refractivity contribution in [2.45, 2.75) is 73.2 Å². The number of allylic oxidation sites excluding steroid dienone is 2. The molecular formula is C38H48N10O8. The Morgan fingerprint density at radius 1 is 1.00 bits per heavy atom. The number of benzene rings is 2. The van der Waals surface area contributed by atoms with E-state index in [1.54, 1.807) is 61.5 Å². The lowest BCUT2D eigenvalue weighted by Gasteiger charge is -2.24. The number of nitrogens with one attached hydrogen (secondary N) is 1. The second-order valence-electron chi connectivity index (χ2n) is 14.1. The number of carbonyl (C=O) groups excluding carboxylic acids is 3. The number of nitrogens with two attached hydrogens (primary N) is 2. The first-order valence-electron chi connectivity index (χ1n) is 17.9. The lowest BCUT2D eigenvalue weighted by atomic mass is 10.1. The number of nitrogens with zero attached hydrogens (tertiary/aromatic N) is 7. The van der Waals surface area contributed by atoms with Gasteiger partial charge in [0, 0.05) is 38.8 Å². The minimum absolute atomic E-state index is 0.0159. The molecule has 0 radical (unpaired) electrons. The summed E-state index contributed by atoms with van der Waals surface area (Å²) in [7, 11) is 3.07. The molecule has 2 aromatic carbocycles. The number of anilines is 2. The van der Waals surface area contributed by atoms with Gasteiger partial charge >= 0.3 is 12.1 Å². The number of rotatable bonds is 15. The van der Waals surface area contributed by atoms with Gasteiger partial charge < -0.3 is 44.8 Å². The van der Waals surface area contributed by atoms with Gasteiger partial charge in [-0.3, -0.25) is 19.6 Å². The number of carboxylic acid groups (broad SMARTS) is 1. The van der Waals surface area contributed by atoms with Gasteiger partial charge in [0.2, 0.25) is 17.8 Å². The highest BCUT2D eigenvalue weighted by Gasteiger charge is 2.25. The summed E-state index contributed by atoms with van der Waals surface area (Å²) in [5.41, 5.74) is 14.7. The van der Waals surface area contributed by atoms with Gasteiger partial charge in [0.1, 0.15) is 33.8 Å². The molecule has 0 aliphatic rings. The summed E-state index contributed by atoms with van der Waals surface area (Å²) in [5, 5.41) is 17.1. The Hall–Kier alpha value is -6.59. The Morgan fingerprint density at radius 2 is 1.70 bits per heavy atom. The zero-order valence-electron chi connectivity index (χ0n) is 32.8. The zero-order chi connectivity index (χ0) is 41.1. The number of aromatic nitrogens is 6. The number of imidazole rings is 2. The molecule has 5 aromatic rings. The fourth-order valence-corrected chi connectivity index (χ4v) is 6.15. The molecule has 0 saturated carbocycles. The van der Waals surface area contributed by atoms with Crippen molar-refractivity contribution in [3.8, 4) is 11.5 Å². The number of fused-ring (bicyclic) bond motifs is 2. The number of carboxylic acids is 1. The lowest BCUT2D eigenvalue weighted by molar-refractivity contribution is 0.0291. The maximum Gasteiger partial charge on any atom is 0.410 e. The molecule has 56 heavy (non-hydrogen) atoms. The van der Waals surface area contributed by atoms with Crippen LogP contribution in [0.15, 0.2) is 36.4 Å². The Kier molecular flexibility index (Phi) is 11.9. The monoisotopic (exact) mass is 772 g/mol. The fraction of sp³-hybridized carbons (Fsp3) is 0.395. The summed E-state index contributed by atoms with van der Waals surface area (Å²) in [6.45, 7) is 12.1. The van der Waals surface area contributed by atoms with Gasteiger partial charge in [-0.15, -0.1) is 0 Å². The number of aryl methyl sites for hydroxylation is 3. The Bertz CT molecular complexity index is 2350. The largest absolute Gasteiger partial charge is 0.494 e.